The van der Waals surface area contributed by atoms with Gasteiger partial charge in [-0.3, -0.25) is 0 Å². The molecule has 0 fully saturated rings. The third-order valence-electron chi connectivity index (χ3n) is 2.81. The lowest BCUT2D eigenvalue weighted by Crippen LogP contribution is -2.03. The van der Waals surface area contributed by atoms with E-state index in [2.05, 4.69) is 11.2 Å². The molecule has 2 aromatic rings. The highest BCUT2D eigenvalue weighted by molar-refractivity contribution is 6.33. The maximum atomic E-state index is 6.30. The van der Waals surface area contributed by atoms with Crippen molar-refractivity contribution in [3.63, 3.8) is 0 Å². The molecule has 17 heavy (non-hydrogen) atoms. The first kappa shape index (κ1) is 12.5. The van der Waals surface area contributed by atoms with Crippen LogP contribution < -0.4 is 0 Å². The molecule has 0 amide bonds. The summed E-state index contributed by atoms with van der Waals surface area (Å²) < 4.78 is 1.81. The van der Waals surface area contributed by atoms with Crippen molar-refractivity contribution in [3.8, 4) is 5.69 Å². The lowest BCUT2D eigenvalue weighted by atomic mass is 10.1. The molecule has 2 rings (SSSR count). The number of aromatic nitrogens is 2. The van der Waals surface area contributed by atoms with Gasteiger partial charge in [0.15, 0.2) is 0 Å². The van der Waals surface area contributed by atoms with Gasteiger partial charge in [-0.25, -0.2) is 4.68 Å². The van der Waals surface area contributed by atoms with Crippen LogP contribution in [0.15, 0.2) is 12.1 Å². The zero-order valence-electron chi connectivity index (χ0n) is 10.3. The number of hydrogen-bond donors (Lipinski definition) is 0. The SMILES string of the molecule is Cc1cc(C)c(-n2nc(C)c(Cl)c2C)c(Cl)c1. The molecule has 0 N–H and O–H groups in total. The second kappa shape index (κ2) is 4.35. The summed E-state index contributed by atoms with van der Waals surface area (Å²) in [6.45, 7) is 7.89. The van der Waals surface area contributed by atoms with Gasteiger partial charge in [-0.2, -0.15) is 5.10 Å². The fourth-order valence-corrected chi connectivity index (χ4v) is 2.54. The first-order valence-corrected chi connectivity index (χ1v) is 6.16. The highest BCUT2D eigenvalue weighted by atomic mass is 35.5. The normalized spacial score (nSPS) is 10.9. The lowest BCUT2D eigenvalue weighted by Gasteiger charge is -2.11. The Morgan fingerprint density at radius 3 is 2.18 bits per heavy atom. The van der Waals surface area contributed by atoms with Gasteiger partial charge in [-0.15, -0.1) is 0 Å². The first-order chi connectivity index (χ1) is 7.91. The molecule has 0 radical (unpaired) electrons. The molecular weight excluding hydrogens is 255 g/mol. The molecule has 0 saturated carbocycles. The highest BCUT2D eigenvalue weighted by Gasteiger charge is 2.15. The van der Waals surface area contributed by atoms with Crippen LogP contribution >= 0.6 is 23.2 Å². The van der Waals surface area contributed by atoms with E-state index in [9.17, 15) is 0 Å². The Labute approximate surface area is 111 Å². The summed E-state index contributed by atoms with van der Waals surface area (Å²) in [6.07, 6.45) is 0. The quantitative estimate of drug-likeness (QED) is 0.749. The smallest absolute Gasteiger partial charge is 0.0864 e. The van der Waals surface area contributed by atoms with Gasteiger partial charge in [-0.05, 0) is 44.9 Å². The van der Waals surface area contributed by atoms with Crippen LogP contribution in [0, 0.1) is 27.7 Å². The minimum absolute atomic E-state index is 0.695. The topological polar surface area (TPSA) is 17.8 Å². The Kier molecular flexibility index (Phi) is 3.19. The Morgan fingerprint density at radius 1 is 1.06 bits per heavy atom. The van der Waals surface area contributed by atoms with E-state index in [-0.39, 0.29) is 0 Å². The molecule has 90 valence electrons. The van der Waals surface area contributed by atoms with Crippen molar-refractivity contribution < 1.29 is 0 Å². The molecule has 0 spiro atoms. The number of hydrogen-bond acceptors (Lipinski definition) is 1. The number of nitrogens with zero attached hydrogens (tertiary/aromatic N) is 2. The predicted molar refractivity (Wildman–Crippen MR) is 72.5 cm³/mol. The molecule has 0 aliphatic heterocycles. The first-order valence-electron chi connectivity index (χ1n) is 5.40. The van der Waals surface area contributed by atoms with Gasteiger partial charge in [0, 0.05) is 0 Å². The number of benzene rings is 1. The van der Waals surface area contributed by atoms with E-state index in [1.807, 2.05) is 38.4 Å². The summed E-state index contributed by atoms with van der Waals surface area (Å²) in [7, 11) is 0. The van der Waals surface area contributed by atoms with Crippen molar-refractivity contribution in [1.29, 1.82) is 0 Å². The summed E-state index contributed by atoms with van der Waals surface area (Å²) in [5.41, 5.74) is 4.88. The van der Waals surface area contributed by atoms with Gasteiger partial charge in [0.05, 0.1) is 27.1 Å². The second-order valence-electron chi connectivity index (χ2n) is 4.31. The summed E-state index contributed by atoms with van der Waals surface area (Å²) in [5.74, 6) is 0. The lowest BCUT2D eigenvalue weighted by molar-refractivity contribution is 0.827. The molecule has 0 aliphatic rings. The van der Waals surface area contributed by atoms with E-state index in [0.29, 0.717) is 10.0 Å². The Morgan fingerprint density at radius 2 is 1.71 bits per heavy atom. The van der Waals surface area contributed by atoms with Gasteiger partial charge in [-0.1, -0.05) is 29.3 Å². The van der Waals surface area contributed by atoms with Crippen LogP contribution in [0.4, 0.5) is 0 Å². The molecule has 0 bridgehead atoms. The van der Waals surface area contributed by atoms with Crippen LogP contribution in [0.5, 0.6) is 0 Å². The van der Waals surface area contributed by atoms with E-state index in [1.54, 1.807) is 0 Å². The summed E-state index contributed by atoms with van der Waals surface area (Å²) in [5, 5.41) is 5.83. The zero-order valence-corrected chi connectivity index (χ0v) is 11.8. The van der Waals surface area contributed by atoms with Crippen LogP contribution in [0.1, 0.15) is 22.5 Å². The fourth-order valence-electron chi connectivity index (χ4n) is 2.02. The van der Waals surface area contributed by atoms with E-state index >= 15 is 0 Å². The summed E-state index contributed by atoms with van der Waals surface area (Å²) in [6, 6.07) is 4.03. The van der Waals surface area contributed by atoms with E-state index in [0.717, 1.165) is 28.2 Å². The average molecular weight is 269 g/mol. The van der Waals surface area contributed by atoms with Crippen molar-refractivity contribution in [2.45, 2.75) is 27.7 Å². The number of aryl methyl sites for hydroxylation is 3. The van der Waals surface area contributed by atoms with Crippen molar-refractivity contribution in [1.82, 2.24) is 9.78 Å². The minimum atomic E-state index is 0.695. The van der Waals surface area contributed by atoms with Gasteiger partial charge in [0.1, 0.15) is 0 Å². The molecule has 0 atom stereocenters. The number of rotatable bonds is 1. The Bertz CT molecular complexity index is 562. The van der Waals surface area contributed by atoms with Crippen molar-refractivity contribution in [2.24, 2.45) is 0 Å². The Hall–Kier alpha value is -0.990. The molecule has 0 aliphatic carbocycles. The molecular formula is C13H14Cl2N2. The second-order valence-corrected chi connectivity index (χ2v) is 5.09. The van der Waals surface area contributed by atoms with Crippen LogP contribution in [0.3, 0.4) is 0 Å². The van der Waals surface area contributed by atoms with Crippen LogP contribution in [0.2, 0.25) is 10.0 Å². The van der Waals surface area contributed by atoms with Gasteiger partial charge < -0.3 is 0 Å². The molecule has 0 unspecified atom stereocenters. The molecule has 2 nitrogen and oxygen atoms in total. The van der Waals surface area contributed by atoms with Gasteiger partial charge in [0.2, 0.25) is 0 Å². The van der Waals surface area contributed by atoms with Crippen molar-refractivity contribution >= 4 is 23.2 Å². The van der Waals surface area contributed by atoms with Gasteiger partial charge in [0.25, 0.3) is 0 Å². The molecule has 4 heteroatoms. The largest absolute Gasteiger partial charge is 0.234 e. The monoisotopic (exact) mass is 268 g/mol. The molecule has 0 saturated heterocycles. The fraction of sp³-hybridized carbons (Fsp3) is 0.308. The highest BCUT2D eigenvalue weighted by Crippen LogP contribution is 2.29. The predicted octanol–water partition coefficient (Wildman–Crippen LogP) is 4.41. The van der Waals surface area contributed by atoms with E-state index in [4.69, 9.17) is 23.2 Å². The van der Waals surface area contributed by atoms with Crippen molar-refractivity contribution in [3.05, 3.63) is 44.7 Å². The van der Waals surface area contributed by atoms with Crippen LogP contribution in [-0.2, 0) is 0 Å². The van der Waals surface area contributed by atoms with E-state index in [1.165, 1.54) is 0 Å². The maximum absolute atomic E-state index is 6.30. The summed E-state index contributed by atoms with van der Waals surface area (Å²) >= 11 is 12.5. The standard InChI is InChI=1S/C13H14Cl2N2/c1-7-5-8(2)13(11(14)6-7)17-10(4)12(15)9(3)16-17/h5-6H,1-4H3. The Balaban J connectivity index is 2.73. The molecule has 1 aromatic carbocycles. The minimum Gasteiger partial charge on any atom is -0.234 e. The summed E-state index contributed by atoms with van der Waals surface area (Å²) in [4.78, 5) is 0. The van der Waals surface area contributed by atoms with Crippen LogP contribution in [0.25, 0.3) is 5.69 Å². The van der Waals surface area contributed by atoms with Crippen LogP contribution in [-0.4, -0.2) is 9.78 Å². The molecule has 1 aromatic heterocycles. The maximum Gasteiger partial charge on any atom is 0.0864 e. The van der Waals surface area contributed by atoms with E-state index < -0.39 is 0 Å². The van der Waals surface area contributed by atoms with Crippen molar-refractivity contribution in [2.75, 3.05) is 0 Å². The molecule has 1 heterocycles. The van der Waals surface area contributed by atoms with Gasteiger partial charge >= 0.3 is 0 Å². The zero-order chi connectivity index (χ0) is 12.7. The third kappa shape index (κ3) is 2.07. The average Bonchev–Trinajstić information content (AvgIpc) is 2.45. The number of halogens is 2. The third-order valence-corrected chi connectivity index (χ3v) is 3.65.